The molecule has 1 rings (SSSR count). The summed E-state index contributed by atoms with van der Waals surface area (Å²) in [5, 5.41) is 3.31. The molecule has 0 aromatic heterocycles. The van der Waals surface area contributed by atoms with Gasteiger partial charge in [0.1, 0.15) is 0 Å². The van der Waals surface area contributed by atoms with Gasteiger partial charge in [0, 0.05) is 19.1 Å². The molecule has 3 heteroatoms. The van der Waals surface area contributed by atoms with Crippen molar-refractivity contribution in [2.45, 2.75) is 32.3 Å². The van der Waals surface area contributed by atoms with Gasteiger partial charge in [0.15, 0.2) is 7.28 Å². The second kappa shape index (κ2) is 3.99. The van der Waals surface area contributed by atoms with Crippen molar-refractivity contribution in [3.63, 3.8) is 0 Å². The molecule has 0 aromatic rings. The third-order valence-corrected chi connectivity index (χ3v) is 1.68. The molecule has 0 spiro atoms. The highest BCUT2D eigenvalue weighted by atomic mass is 16.5. The summed E-state index contributed by atoms with van der Waals surface area (Å²) in [4.78, 5) is 0. The zero-order valence-corrected chi connectivity index (χ0v) is 6.76. The second-order valence-electron chi connectivity index (χ2n) is 2.79. The van der Waals surface area contributed by atoms with Crippen molar-refractivity contribution in [2.24, 2.45) is 0 Å². The zero-order valence-electron chi connectivity index (χ0n) is 6.76. The summed E-state index contributed by atoms with van der Waals surface area (Å²) >= 11 is 0. The van der Waals surface area contributed by atoms with Gasteiger partial charge in [-0.15, -0.1) is 0 Å². The lowest BCUT2D eigenvalue weighted by atomic mass is 9.68. The topological polar surface area (TPSA) is 21.3 Å². The fourth-order valence-electron chi connectivity index (χ4n) is 1.23. The molecule has 1 saturated heterocycles. The summed E-state index contributed by atoms with van der Waals surface area (Å²) in [5.41, 5.74) is 0. The van der Waals surface area contributed by atoms with Crippen LogP contribution in [0.15, 0.2) is 0 Å². The molecular formula is C7H15BNO. The Bertz CT molecular complexity index is 97.6. The Kier molecular flexibility index (Phi) is 3.22. The highest BCUT2D eigenvalue weighted by molar-refractivity contribution is 6.37. The molecule has 0 aromatic carbocycles. The number of morpholine rings is 1. The Morgan fingerprint density at radius 3 is 3.00 bits per heavy atom. The van der Waals surface area contributed by atoms with Crippen LogP contribution in [0.5, 0.6) is 0 Å². The van der Waals surface area contributed by atoms with Gasteiger partial charge < -0.3 is 10.1 Å². The predicted octanol–water partition coefficient (Wildman–Crippen LogP) is 0.463. The largest absolute Gasteiger partial charge is 0.382 e. The minimum Gasteiger partial charge on any atom is -0.382 e. The van der Waals surface area contributed by atoms with E-state index in [2.05, 4.69) is 26.4 Å². The van der Waals surface area contributed by atoms with E-state index < -0.39 is 0 Å². The molecule has 1 aliphatic heterocycles. The third-order valence-electron chi connectivity index (χ3n) is 1.68. The van der Waals surface area contributed by atoms with Gasteiger partial charge in [0.2, 0.25) is 0 Å². The fourth-order valence-corrected chi connectivity index (χ4v) is 1.23. The fraction of sp³-hybridized carbons (Fsp3) is 1.00. The van der Waals surface area contributed by atoms with Crippen LogP contribution < -0.4 is 5.32 Å². The standard InChI is InChI=1S/C7H15BNO/c1-3-8-7-5-9-4-6(2)10-7/h6-7,9H,3-5H2,1-2H3/t6-,7+/m0/s1. The van der Waals surface area contributed by atoms with Gasteiger partial charge in [-0.1, -0.05) is 13.2 Å². The van der Waals surface area contributed by atoms with Crippen LogP contribution in [0.1, 0.15) is 13.8 Å². The first-order chi connectivity index (χ1) is 4.83. The second-order valence-corrected chi connectivity index (χ2v) is 2.79. The van der Waals surface area contributed by atoms with E-state index in [0.29, 0.717) is 12.1 Å². The Morgan fingerprint density at radius 1 is 1.60 bits per heavy atom. The molecule has 1 fully saturated rings. The molecule has 57 valence electrons. The first kappa shape index (κ1) is 8.09. The lowest BCUT2D eigenvalue weighted by Crippen LogP contribution is -2.45. The van der Waals surface area contributed by atoms with Crippen molar-refractivity contribution in [3.8, 4) is 0 Å². The average molecular weight is 140 g/mol. The average Bonchev–Trinajstić information content (AvgIpc) is 1.88. The van der Waals surface area contributed by atoms with E-state index in [1.807, 2.05) is 0 Å². The third kappa shape index (κ3) is 2.31. The number of hydrogen-bond donors (Lipinski definition) is 1. The molecule has 0 aliphatic carbocycles. The van der Waals surface area contributed by atoms with E-state index in [4.69, 9.17) is 4.74 Å². The molecule has 2 nitrogen and oxygen atoms in total. The minimum atomic E-state index is 0.341. The normalized spacial score (nSPS) is 33.8. The lowest BCUT2D eigenvalue weighted by Gasteiger charge is -2.28. The van der Waals surface area contributed by atoms with Crippen LogP contribution in [-0.2, 0) is 4.74 Å². The summed E-state index contributed by atoms with van der Waals surface area (Å²) in [5.74, 6) is 0. The number of nitrogens with one attached hydrogen (secondary N) is 1. The van der Waals surface area contributed by atoms with Gasteiger partial charge in [-0.05, 0) is 6.92 Å². The Hall–Kier alpha value is -0.0151. The van der Waals surface area contributed by atoms with Gasteiger partial charge in [0.05, 0.1) is 6.10 Å². The van der Waals surface area contributed by atoms with Crippen molar-refractivity contribution in [2.75, 3.05) is 13.1 Å². The van der Waals surface area contributed by atoms with E-state index in [0.717, 1.165) is 19.4 Å². The first-order valence-electron chi connectivity index (χ1n) is 4.02. The van der Waals surface area contributed by atoms with Crippen LogP contribution in [0.2, 0.25) is 6.32 Å². The van der Waals surface area contributed by atoms with Crippen molar-refractivity contribution in [1.82, 2.24) is 5.32 Å². The smallest absolute Gasteiger partial charge is 0.150 e. The van der Waals surface area contributed by atoms with Gasteiger partial charge in [-0.3, -0.25) is 0 Å². The van der Waals surface area contributed by atoms with Crippen LogP contribution in [0.4, 0.5) is 0 Å². The number of ether oxygens (including phenoxy) is 1. The molecule has 1 aliphatic rings. The molecular weight excluding hydrogens is 125 g/mol. The van der Waals surface area contributed by atoms with Crippen molar-refractivity contribution >= 4 is 7.28 Å². The number of rotatable bonds is 2. The predicted molar refractivity (Wildman–Crippen MR) is 43.4 cm³/mol. The molecule has 0 saturated carbocycles. The summed E-state index contributed by atoms with van der Waals surface area (Å²) in [6.45, 7) is 6.22. The quantitative estimate of drug-likeness (QED) is 0.562. The molecule has 2 atom stereocenters. The maximum atomic E-state index is 5.61. The highest BCUT2D eigenvalue weighted by Gasteiger charge is 2.17. The maximum absolute atomic E-state index is 5.61. The van der Waals surface area contributed by atoms with E-state index in [1.54, 1.807) is 0 Å². The van der Waals surface area contributed by atoms with Crippen LogP contribution >= 0.6 is 0 Å². The van der Waals surface area contributed by atoms with E-state index >= 15 is 0 Å². The highest BCUT2D eigenvalue weighted by Crippen LogP contribution is 2.02. The molecule has 0 amide bonds. The first-order valence-corrected chi connectivity index (χ1v) is 4.02. The Morgan fingerprint density at radius 2 is 2.40 bits per heavy atom. The molecule has 1 heterocycles. The Balaban J connectivity index is 2.18. The van der Waals surface area contributed by atoms with Crippen LogP contribution in [0, 0.1) is 0 Å². The van der Waals surface area contributed by atoms with Gasteiger partial charge in [0.25, 0.3) is 0 Å². The van der Waals surface area contributed by atoms with Crippen molar-refractivity contribution in [3.05, 3.63) is 0 Å². The van der Waals surface area contributed by atoms with Crippen molar-refractivity contribution < 1.29 is 4.74 Å². The molecule has 0 unspecified atom stereocenters. The summed E-state index contributed by atoms with van der Waals surface area (Å²) in [7, 11) is 2.21. The number of hydrogen-bond acceptors (Lipinski definition) is 2. The van der Waals surface area contributed by atoms with E-state index in [1.165, 1.54) is 0 Å². The van der Waals surface area contributed by atoms with Gasteiger partial charge in [-0.2, -0.15) is 0 Å². The summed E-state index contributed by atoms with van der Waals surface area (Å²) < 4.78 is 5.61. The van der Waals surface area contributed by atoms with E-state index in [-0.39, 0.29) is 0 Å². The van der Waals surface area contributed by atoms with Crippen LogP contribution in [0.3, 0.4) is 0 Å². The van der Waals surface area contributed by atoms with Crippen LogP contribution in [-0.4, -0.2) is 32.5 Å². The van der Waals surface area contributed by atoms with Gasteiger partial charge in [-0.25, -0.2) is 0 Å². The summed E-state index contributed by atoms with van der Waals surface area (Å²) in [6, 6.07) is 0.341. The molecule has 1 radical (unpaired) electrons. The van der Waals surface area contributed by atoms with Crippen molar-refractivity contribution in [1.29, 1.82) is 0 Å². The SMILES string of the molecule is CC[B][C@H]1CNC[C@H](C)O1. The lowest BCUT2D eigenvalue weighted by molar-refractivity contribution is 0.0141. The Labute approximate surface area is 63.6 Å². The van der Waals surface area contributed by atoms with Gasteiger partial charge >= 0.3 is 0 Å². The monoisotopic (exact) mass is 140 g/mol. The van der Waals surface area contributed by atoms with E-state index in [9.17, 15) is 0 Å². The van der Waals surface area contributed by atoms with Crippen LogP contribution in [0.25, 0.3) is 0 Å². The zero-order chi connectivity index (χ0) is 7.40. The minimum absolute atomic E-state index is 0.341. The summed E-state index contributed by atoms with van der Waals surface area (Å²) in [6.07, 6.45) is 1.47. The molecule has 10 heavy (non-hydrogen) atoms. The maximum Gasteiger partial charge on any atom is 0.150 e. The molecule has 1 N–H and O–H groups in total. The molecule has 0 bridgehead atoms.